The molecule has 0 aliphatic heterocycles. The Bertz CT molecular complexity index is 1540. The Morgan fingerprint density at radius 2 is 1.15 bits per heavy atom. The molecule has 0 spiro atoms. The molecule has 0 aliphatic rings. The Balaban J connectivity index is 0.00000111. The van der Waals surface area contributed by atoms with Crippen LogP contribution in [-0.4, -0.2) is 59.2 Å². The maximum atomic E-state index is 12.5. The summed E-state index contributed by atoms with van der Waals surface area (Å²) in [6.07, 6.45) is 9.26. The maximum Gasteiger partial charge on any atom is 0.243 e. The highest BCUT2D eigenvalue weighted by molar-refractivity contribution is 7.95. The minimum absolute atomic E-state index is 0.120. The summed E-state index contributed by atoms with van der Waals surface area (Å²) in [4.78, 5) is 12.5. The van der Waals surface area contributed by atoms with Crippen molar-refractivity contribution < 1.29 is 32.0 Å². The van der Waals surface area contributed by atoms with Crippen molar-refractivity contribution >= 4 is 45.3 Å². The van der Waals surface area contributed by atoms with E-state index < -0.39 is 17.4 Å². The fourth-order valence-electron chi connectivity index (χ4n) is 5.35. The molecule has 4 rings (SSSR count). The molecule has 0 aromatic heterocycles. The number of unbranched alkanes of at least 4 members (excludes halogenated alkanes) is 3. The lowest BCUT2D eigenvalue weighted by Crippen LogP contribution is -2.33. The molecular weight excluding hydrogens is 633 g/mol. The number of hydrogen-bond acceptors (Lipinski definition) is 7. The smallest absolute Gasteiger partial charge is 0.243 e. The van der Waals surface area contributed by atoms with E-state index in [2.05, 4.69) is 96.3 Å². The molecule has 1 amide bonds. The lowest BCUT2D eigenvalue weighted by atomic mass is 10.1. The van der Waals surface area contributed by atoms with Crippen molar-refractivity contribution in [3.05, 3.63) is 115 Å². The van der Waals surface area contributed by atoms with E-state index in [4.69, 9.17) is 27.2 Å². The summed E-state index contributed by atoms with van der Waals surface area (Å²) in [5.41, 5.74) is 0.793. The third kappa shape index (κ3) is 11.5. The molecule has 47 heavy (non-hydrogen) atoms. The normalized spacial score (nSPS) is 11.3. The van der Waals surface area contributed by atoms with Gasteiger partial charge in [0.05, 0.1) is 37.6 Å². The van der Waals surface area contributed by atoms with Crippen LogP contribution in [0.15, 0.2) is 109 Å². The number of amides is 1. The van der Waals surface area contributed by atoms with Gasteiger partial charge in [-0.05, 0) is 79.4 Å². The topological polar surface area (TPSA) is 114 Å². The summed E-state index contributed by atoms with van der Waals surface area (Å²) in [6.45, 7) is 0.648. The van der Waals surface area contributed by atoms with Gasteiger partial charge in [-0.25, -0.2) is 8.42 Å². The number of hydrogen-bond donors (Lipinski definition) is 1. The van der Waals surface area contributed by atoms with E-state index in [-0.39, 0.29) is 5.91 Å². The SMILES string of the molecule is COc1cc(C=CC(=O)NCCCCCC[P+](c2ccccc2)(c2ccccc2)c2ccccc2)cc(OC)c1OC.CS(=O)(=O)[O-]. The van der Waals surface area contributed by atoms with E-state index in [1.807, 2.05) is 12.1 Å². The summed E-state index contributed by atoms with van der Waals surface area (Å²) >= 11 is 0. The Labute approximate surface area is 279 Å². The summed E-state index contributed by atoms with van der Waals surface area (Å²) in [7, 11) is -0.988. The molecule has 4 aromatic rings. The summed E-state index contributed by atoms with van der Waals surface area (Å²) < 4.78 is 43.4. The van der Waals surface area contributed by atoms with Gasteiger partial charge in [-0.3, -0.25) is 4.79 Å². The number of carbonyl (C=O) groups is 1. The number of ether oxygens (including phenoxy) is 3. The molecule has 1 N–H and O–H groups in total. The third-order valence-corrected chi connectivity index (χ3v) is 12.0. The van der Waals surface area contributed by atoms with Crippen LogP contribution in [0.5, 0.6) is 17.2 Å². The van der Waals surface area contributed by atoms with Gasteiger partial charge in [-0.2, -0.15) is 0 Å². The molecule has 0 aliphatic carbocycles. The highest BCUT2D eigenvalue weighted by atomic mass is 32.2. The number of methoxy groups -OCH3 is 3. The van der Waals surface area contributed by atoms with Crippen molar-refractivity contribution in [1.82, 2.24) is 5.32 Å². The van der Waals surface area contributed by atoms with Crippen LogP contribution in [0.1, 0.15) is 31.2 Å². The van der Waals surface area contributed by atoms with Crippen molar-refractivity contribution in [2.24, 2.45) is 0 Å². The van der Waals surface area contributed by atoms with E-state index >= 15 is 0 Å². The van der Waals surface area contributed by atoms with Gasteiger partial charge in [-0.1, -0.05) is 61.0 Å². The van der Waals surface area contributed by atoms with E-state index in [0.29, 0.717) is 30.0 Å². The predicted molar refractivity (Wildman–Crippen MR) is 192 cm³/mol. The molecule has 0 atom stereocenters. The van der Waals surface area contributed by atoms with Gasteiger partial charge in [-0.15, -0.1) is 0 Å². The molecule has 0 fully saturated rings. The van der Waals surface area contributed by atoms with Crippen molar-refractivity contribution in [1.29, 1.82) is 0 Å². The highest BCUT2D eigenvalue weighted by Crippen LogP contribution is 2.56. The quantitative estimate of drug-likeness (QED) is 0.0759. The van der Waals surface area contributed by atoms with Gasteiger partial charge in [0, 0.05) is 18.9 Å². The van der Waals surface area contributed by atoms with Gasteiger partial charge in [0.1, 0.15) is 23.2 Å². The molecule has 0 unspecified atom stereocenters. The third-order valence-electron chi connectivity index (χ3n) is 7.42. The number of nitrogens with one attached hydrogen (secondary N) is 1. The average Bonchev–Trinajstić information content (AvgIpc) is 3.08. The second kappa shape index (κ2) is 18.8. The zero-order chi connectivity index (χ0) is 34.1. The first kappa shape index (κ1) is 37.3. The number of rotatable bonds is 15. The minimum atomic E-state index is -3.92. The van der Waals surface area contributed by atoms with E-state index in [1.165, 1.54) is 15.9 Å². The van der Waals surface area contributed by atoms with Crippen molar-refractivity contribution in [2.75, 3.05) is 40.3 Å². The summed E-state index contributed by atoms with van der Waals surface area (Å²) in [5, 5.41) is 7.29. The van der Waals surface area contributed by atoms with Crippen LogP contribution >= 0.6 is 7.26 Å². The molecule has 10 heteroatoms. The number of carbonyl (C=O) groups excluding carboxylic acids is 1. The largest absolute Gasteiger partial charge is 0.748 e. The van der Waals surface area contributed by atoms with Crippen LogP contribution in [0.2, 0.25) is 0 Å². The molecule has 0 bridgehead atoms. The van der Waals surface area contributed by atoms with Gasteiger partial charge >= 0.3 is 0 Å². The molecule has 0 saturated carbocycles. The van der Waals surface area contributed by atoms with Crippen molar-refractivity contribution in [2.45, 2.75) is 25.7 Å². The molecule has 0 heterocycles. The monoisotopic (exact) mass is 677 g/mol. The van der Waals surface area contributed by atoms with Gasteiger partial charge in [0.2, 0.25) is 11.7 Å². The van der Waals surface area contributed by atoms with Crippen LogP contribution < -0.4 is 35.4 Å². The van der Waals surface area contributed by atoms with E-state index in [1.54, 1.807) is 33.5 Å². The fourth-order valence-corrected chi connectivity index (χ4v) is 9.76. The maximum absolute atomic E-state index is 12.5. The highest BCUT2D eigenvalue weighted by Gasteiger charge is 2.44. The molecule has 0 radical (unpaired) electrons. The Morgan fingerprint density at radius 1 is 0.723 bits per heavy atom. The zero-order valence-electron chi connectivity index (χ0n) is 27.4. The molecule has 250 valence electrons. The summed E-state index contributed by atoms with van der Waals surface area (Å²) in [6, 6.07) is 36.7. The Kier molecular flexibility index (Phi) is 15.0. The zero-order valence-corrected chi connectivity index (χ0v) is 29.1. The van der Waals surface area contributed by atoms with Gasteiger partial charge in [0.15, 0.2) is 11.5 Å². The van der Waals surface area contributed by atoms with Crippen LogP contribution in [-0.2, 0) is 14.9 Å². The van der Waals surface area contributed by atoms with Crippen LogP contribution in [0, 0.1) is 0 Å². The first-order valence-corrected chi connectivity index (χ1v) is 19.1. The standard InChI is InChI=1S/C36H40NO4P.CH4O3S/c1-39-33-27-29(28-34(40-2)36(33)41-3)23-24-35(38)37-25-15-4-5-16-26-42(30-17-9-6-10-18-30,31-19-11-7-12-20-31)32-21-13-8-14-22-32;1-5(2,3)4/h6-14,17-24,27-28H,4-5,15-16,25-26H2,1-3H3;1H3,(H,2,3,4). The Hall–Kier alpha value is -4.17. The first-order valence-electron chi connectivity index (χ1n) is 15.3. The predicted octanol–water partition coefficient (Wildman–Crippen LogP) is 5.56. The van der Waals surface area contributed by atoms with Crippen LogP contribution in [0.25, 0.3) is 6.08 Å². The second-order valence-corrected chi connectivity index (χ2v) is 15.8. The average molecular weight is 678 g/mol. The first-order chi connectivity index (χ1) is 22.6. The molecule has 0 saturated heterocycles. The van der Waals surface area contributed by atoms with Crippen molar-refractivity contribution in [3.8, 4) is 17.2 Å². The van der Waals surface area contributed by atoms with Gasteiger partial charge in [0.25, 0.3) is 0 Å². The van der Waals surface area contributed by atoms with E-state index in [0.717, 1.165) is 37.4 Å². The second-order valence-electron chi connectivity index (χ2n) is 10.7. The lowest BCUT2D eigenvalue weighted by molar-refractivity contribution is -0.116. The lowest BCUT2D eigenvalue weighted by Gasteiger charge is -2.27. The fraction of sp³-hybridized carbons (Fsp3) is 0.270. The Morgan fingerprint density at radius 3 is 1.55 bits per heavy atom. The van der Waals surface area contributed by atoms with Crippen LogP contribution in [0.3, 0.4) is 0 Å². The van der Waals surface area contributed by atoms with Gasteiger partial charge < -0.3 is 24.1 Å². The minimum Gasteiger partial charge on any atom is -0.748 e. The molecule has 4 aromatic carbocycles. The van der Waals surface area contributed by atoms with Crippen molar-refractivity contribution in [3.63, 3.8) is 0 Å². The van der Waals surface area contributed by atoms with E-state index in [9.17, 15) is 4.79 Å². The summed E-state index contributed by atoms with van der Waals surface area (Å²) in [5.74, 6) is 1.51. The molecule has 8 nitrogen and oxygen atoms in total. The molecular formula is C37H44NO7PS. The number of benzene rings is 4. The van der Waals surface area contributed by atoms with Crippen LogP contribution in [0.4, 0.5) is 0 Å².